The molecule has 158 valence electrons. The summed E-state index contributed by atoms with van der Waals surface area (Å²) in [5.41, 5.74) is 5.59. The van der Waals surface area contributed by atoms with Gasteiger partial charge in [-0.15, -0.1) is 0 Å². The molecule has 3 heterocycles. The molecule has 31 heavy (non-hydrogen) atoms. The second-order valence-electron chi connectivity index (χ2n) is 7.63. The van der Waals surface area contributed by atoms with Gasteiger partial charge in [-0.25, -0.2) is 15.0 Å². The van der Waals surface area contributed by atoms with Crippen molar-refractivity contribution in [2.75, 3.05) is 11.9 Å². The zero-order chi connectivity index (χ0) is 22.1. The first kappa shape index (κ1) is 20.5. The van der Waals surface area contributed by atoms with E-state index in [0.717, 1.165) is 39.1 Å². The normalized spacial score (nSPS) is 11.0. The topological polar surface area (TPSA) is 73.1 Å². The zero-order valence-corrected chi connectivity index (χ0v) is 18.4. The Labute approximate surface area is 181 Å². The van der Waals surface area contributed by atoms with Crippen molar-refractivity contribution in [1.82, 2.24) is 19.5 Å². The van der Waals surface area contributed by atoms with E-state index in [1.165, 1.54) is 6.92 Å². The van der Waals surface area contributed by atoms with E-state index in [1.807, 2.05) is 61.9 Å². The summed E-state index contributed by atoms with van der Waals surface area (Å²) in [7, 11) is 1.72. The molecule has 0 unspecified atom stereocenters. The highest BCUT2D eigenvalue weighted by molar-refractivity contribution is 5.92. The largest absolute Gasteiger partial charge is 0.487 e. The van der Waals surface area contributed by atoms with Crippen molar-refractivity contribution in [3.8, 4) is 11.4 Å². The highest BCUT2D eigenvalue weighted by Crippen LogP contribution is 2.30. The van der Waals surface area contributed by atoms with Crippen molar-refractivity contribution in [3.05, 3.63) is 71.6 Å². The lowest BCUT2D eigenvalue weighted by Gasteiger charge is -2.18. The number of anilines is 1. The molecule has 0 aliphatic heterocycles. The molecule has 1 amide bonds. The molecule has 7 heteroatoms. The van der Waals surface area contributed by atoms with Crippen molar-refractivity contribution in [3.63, 3.8) is 0 Å². The standard InChI is InChI=1S/C24H25N5O2/c1-15-11-23(28(5)18(4)30)27-17(3)20(15)13-31-22-8-6-7-19-21(29-10-9-25-14-29)12-16(2)26-24(19)22/h6-12,14H,13H2,1-5H3. The molecular formula is C24H25N5O2. The molecule has 0 aliphatic carbocycles. The predicted octanol–water partition coefficient (Wildman–Crippen LogP) is 4.30. The molecule has 4 aromatic rings. The lowest BCUT2D eigenvalue weighted by molar-refractivity contribution is -0.116. The van der Waals surface area contributed by atoms with Crippen LogP contribution in [0.25, 0.3) is 16.6 Å². The molecule has 0 fully saturated rings. The summed E-state index contributed by atoms with van der Waals surface area (Å²) in [6, 6.07) is 9.89. The molecule has 0 spiro atoms. The average molecular weight is 415 g/mol. The smallest absolute Gasteiger partial charge is 0.224 e. The fourth-order valence-electron chi connectivity index (χ4n) is 3.60. The van der Waals surface area contributed by atoms with Crippen LogP contribution in [0.1, 0.15) is 29.4 Å². The summed E-state index contributed by atoms with van der Waals surface area (Å²) in [6.07, 6.45) is 5.45. The number of ether oxygens (including phenoxy) is 1. The minimum atomic E-state index is -0.0544. The molecule has 0 N–H and O–H groups in total. The molecule has 1 aromatic carbocycles. The van der Waals surface area contributed by atoms with Gasteiger partial charge in [0.2, 0.25) is 5.91 Å². The van der Waals surface area contributed by atoms with Crippen LogP contribution >= 0.6 is 0 Å². The van der Waals surface area contributed by atoms with Crippen molar-refractivity contribution in [2.45, 2.75) is 34.3 Å². The highest BCUT2D eigenvalue weighted by atomic mass is 16.5. The molecular weight excluding hydrogens is 390 g/mol. The number of aromatic nitrogens is 4. The third-order valence-electron chi connectivity index (χ3n) is 5.42. The average Bonchev–Trinajstić information content (AvgIpc) is 3.26. The van der Waals surface area contributed by atoms with Gasteiger partial charge in [0.1, 0.15) is 23.7 Å². The Bertz CT molecular complexity index is 1240. The third kappa shape index (κ3) is 3.99. The Morgan fingerprint density at radius 2 is 1.97 bits per heavy atom. The summed E-state index contributed by atoms with van der Waals surface area (Å²) in [6.45, 7) is 7.80. The highest BCUT2D eigenvalue weighted by Gasteiger charge is 2.15. The second-order valence-corrected chi connectivity index (χ2v) is 7.63. The minimum absolute atomic E-state index is 0.0544. The third-order valence-corrected chi connectivity index (χ3v) is 5.42. The Kier molecular flexibility index (Phi) is 5.42. The fourth-order valence-corrected chi connectivity index (χ4v) is 3.60. The first-order valence-electron chi connectivity index (χ1n) is 10.1. The number of amides is 1. The lowest BCUT2D eigenvalue weighted by atomic mass is 10.1. The Morgan fingerprint density at radius 3 is 2.65 bits per heavy atom. The molecule has 0 bridgehead atoms. The molecule has 0 saturated heterocycles. The van der Waals surface area contributed by atoms with Gasteiger partial charge in [-0.3, -0.25) is 4.79 Å². The van der Waals surface area contributed by atoms with Crippen LogP contribution in [-0.4, -0.2) is 32.5 Å². The van der Waals surface area contributed by atoms with E-state index in [-0.39, 0.29) is 5.91 Å². The SMILES string of the molecule is CC(=O)N(C)c1cc(C)c(COc2cccc3c(-n4ccnc4)cc(C)nc23)c(C)n1. The quantitative estimate of drug-likeness (QED) is 0.486. The second kappa shape index (κ2) is 8.18. The van der Waals surface area contributed by atoms with Crippen molar-refractivity contribution in [1.29, 1.82) is 0 Å². The summed E-state index contributed by atoms with van der Waals surface area (Å²) in [5.74, 6) is 1.30. The number of hydrogen-bond acceptors (Lipinski definition) is 5. The number of pyridine rings is 2. The lowest BCUT2D eigenvalue weighted by Crippen LogP contribution is -2.24. The van der Waals surface area contributed by atoms with Crippen molar-refractivity contribution in [2.24, 2.45) is 0 Å². The van der Waals surface area contributed by atoms with Gasteiger partial charge in [-0.1, -0.05) is 12.1 Å². The number of para-hydroxylation sites is 1. The molecule has 0 aliphatic rings. The number of carbonyl (C=O) groups excluding carboxylic acids is 1. The van der Waals surface area contributed by atoms with Crippen LogP contribution in [0.4, 0.5) is 5.82 Å². The maximum atomic E-state index is 11.7. The van der Waals surface area contributed by atoms with Crippen molar-refractivity contribution < 1.29 is 9.53 Å². The summed E-state index contributed by atoms with van der Waals surface area (Å²) in [5, 5.41) is 0.992. The monoisotopic (exact) mass is 415 g/mol. The number of rotatable bonds is 5. The minimum Gasteiger partial charge on any atom is -0.487 e. The Hall–Kier alpha value is -3.74. The van der Waals surface area contributed by atoms with Gasteiger partial charge < -0.3 is 14.2 Å². The maximum Gasteiger partial charge on any atom is 0.224 e. The summed E-state index contributed by atoms with van der Waals surface area (Å²) in [4.78, 5) is 26.7. The molecule has 7 nitrogen and oxygen atoms in total. The number of nitrogens with zero attached hydrogens (tertiary/aromatic N) is 5. The van der Waals surface area contributed by atoms with E-state index < -0.39 is 0 Å². The zero-order valence-electron chi connectivity index (χ0n) is 18.4. The van der Waals surface area contributed by atoms with Crippen LogP contribution in [0.5, 0.6) is 5.75 Å². The van der Waals surface area contributed by atoms with E-state index in [9.17, 15) is 4.79 Å². The van der Waals surface area contributed by atoms with Crippen LogP contribution in [0.15, 0.2) is 49.1 Å². The van der Waals surface area contributed by atoms with Gasteiger partial charge in [0, 0.05) is 48.7 Å². The predicted molar refractivity (Wildman–Crippen MR) is 121 cm³/mol. The Morgan fingerprint density at radius 1 is 1.16 bits per heavy atom. The summed E-state index contributed by atoms with van der Waals surface area (Å²) >= 11 is 0. The van der Waals surface area contributed by atoms with Gasteiger partial charge in [0.15, 0.2) is 0 Å². The van der Waals surface area contributed by atoms with Gasteiger partial charge in [0.25, 0.3) is 0 Å². The van der Waals surface area contributed by atoms with Gasteiger partial charge in [-0.2, -0.15) is 0 Å². The number of imidazole rings is 1. The van der Waals surface area contributed by atoms with Gasteiger partial charge >= 0.3 is 0 Å². The van der Waals surface area contributed by atoms with E-state index >= 15 is 0 Å². The van der Waals surface area contributed by atoms with Crippen LogP contribution in [0.2, 0.25) is 0 Å². The molecule has 0 radical (unpaired) electrons. The number of carbonyl (C=O) groups is 1. The van der Waals surface area contributed by atoms with E-state index in [4.69, 9.17) is 9.72 Å². The number of benzene rings is 1. The summed E-state index contributed by atoms with van der Waals surface area (Å²) < 4.78 is 8.21. The van der Waals surface area contributed by atoms with Gasteiger partial charge in [-0.05, 0) is 44.5 Å². The fraction of sp³-hybridized carbons (Fsp3) is 0.250. The molecule has 0 atom stereocenters. The number of fused-ring (bicyclic) bond motifs is 1. The van der Waals surface area contributed by atoms with Crippen molar-refractivity contribution >= 4 is 22.6 Å². The first-order valence-corrected chi connectivity index (χ1v) is 10.1. The number of aryl methyl sites for hydroxylation is 3. The Balaban J connectivity index is 1.68. The van der Waals surface area contributed by atoms with E-state index in [1.54, 1.807) is 24.5 Å². The first-order chi connectivity index (χ1) is 14.8. The maximum absolute atomic E-state index is 11.7. The molecule has 0 saturated carbocycles. The van der Waals surface area contributed by atoms with Crippen LogP contribution in [0.3, 0.4) is 0 Å². The van der Waals surface area contributed by atoms with Crippen LogP contribution in [0, 0.1) is 20.8 Å². The van der Waals surface area contributed by atoms with E-state index in [0.29, 0.717) is 18.2 Å². The van der Waals surface area contributed by atoms with Gasteiger partial charge in [0.05, 0.1) is 12.0 Å². The molecule has 4 rings (SSSR count). The van der Waals surface area contributed by atoms with E-state index in [2.05, 4.69) is 9.97 Å². The molecule has 3 aromatic heterocycles. The van der Waals surface area contributed by atoms with Crippen LogP contribution in [-0.2, 0) is 11.4 Å². The number of hydrogen-bond donors (Lipinski definition) is 0. The van der Waals surface area contributed by atoms with Crippen LogP contribution < -0.4 is 9.64 Å².